The summed E-state index contributed by atoms with van der Waals surface area (Å²) in [5, 5.41) is 0.712. The van der Waals surface area contributed by atoms with Gasteiger partial charge in [0.2, 0.25) is 0 Å². The van der Waals surface area contributed by atoms with Crippen molar-refractivity contribution in [1.82, 2.24) is 9.55 Å². The maximum Gasteiger partial charge on any atom is 0.140 e. The molecule has 96 valence electrons. The first kappa shape index (κ1) is 12.2. The Balaban J connectivity index is 2.28. The molecule has 4 heteroatoms. The van der Waals surface area contributed by atoms with Gasteiger partial charge in [0.1, 0.15) is 5.82 Å². The highest BCUT2D eigenvalue weighted by molar-refractivity contribution is 6.30. The number of imidazole rings is 1. The van der Waals surface area contributed by atoms with E-state index in [1.807, 2.05) is 43.4 Å². The second-order valence-corrected chi connectivity index (χ2v) is 4.93. The molecule has 0 aliphatic heterocycles. The molecule has 1 aromatic heterocycles. The number of nitrogens with zero attached hydrogens (tertiary/aromatic N) is 2. The summed E-state index contributed by atoms with van der Waals surface area (Å²) in [7, 11) is 2.01. The molecule has 2 N–H and O–H groups in total. The van der Waals surface area contributed by atoms with E-state index in [1.165, 1.54) is 0 Å². The first-order chi connectivity index (χ1) is 9.20. The first-order valence-corrected chi connectivity index (χ1v) is 6.49. The van der Waals surface area contributed by atoms with E-state index in [1.54, 1.807) is 0 Å². The molecule has 3 aromatic rings. The minimum Gasteiger partial charge on any atom is -0.327 e. The van der Waals surface area contributed by atoms with E-state index < -0.39 is 0 Å². The number of hydrogen-bond donors (Lipinski definition) is 1. The minimum atomic E-state index is 0.489. The van der Waals surface area contributed by atoms with Gasteiger partial charge >= 0.3 is 0 Å². The van der Waals surface area contributed by atoms with Crippen LogP contribution in [0.3, 0.4) is 0 Å². The quantitative estimate of drug-likeness (QED) is 0.777. The number of hydrogen-bond acceptors (Lipinski definition) is 2. The fourth-order valence-electron chi connectivity index (χ4n) is 2.32. The van der Waals surface area contributed by atoms with Crippen LogP contribution in [0.2, 0.25) is 5.02 Å². The van der Waals surface area contributed by atoms with Crippen LogP contribution in [0.5, 0.6) is 0 Å². The Labute approximate surface area is 116 Å². The molecule has 3 nitrogen and oxygen atoms in total. The second-order valence-electron chi connectivity index (χ2n) is 4.49. The number of aryl methyl sites for hydroxylation is 1. The molecule has 0 unspecified atom stereocenters. The Morgan fingerprint density at radius 3 is 2.74 bits per heavy atom. The lowest BCUT2D eigenvalue weighted by atomic mass is 10.2. The first-order valence-electron chi connectivity index (χ1n) is 6.11. The Morgan fingerprint density at radius 2 is 2.00 bits per heavy atom. The summed E-state index contributed by atoms with van der Waals surface area (Å²) in [6, 6.07) is 13.8. The summed E-state index contributed by atoms with van der Waals surface area (Å²) < 4.78 is 2.07. The van der Waals surface area contributed by atoms with E-state index in [4.69, 9.17) is 22.3 Å². The number of aromatic nitrogens is 2. The lowest BCUT2D eigenvalue weighted by Gasteiger charge is -2.02. The fraction of sp³-hybridized carbons (Fsp3) is 0.133. The number of rotatable bonds is 2. The van der Waals surface area contributed by atoms with E-state index in [0.29, 0.717) is 11.6 Å². The van der Waals surface area contributed by atoms with E-state index >= 15 is 0 Å². The van der Waals surface area contributed by atoms with Gasteiger partial charge in [0.25, 0.3) is 0 Å². The fourth-order valence-corrected chi connectivity index (χ4v) is 2.51. The highest BCUT2D eigenvalue weighted by Gasteiger charge is 2.12. The smallest absolute Gasteiger partial charge is 0.140 e. The molecule has 19 heavy (non-hydrogen) atoms. The maximum absolute atomic E-state index is 6.05. The van der Waals surface area contributed by atoms with Gasteiger partial charge in [-0.25, -0.2) is 4.98 Å². The number of fused-ring (bicyclic) bond motifs is 1. The largest absolute Gasteiger partial charge is 0.327 e. The van der Waals surface area contributed by atoms with Crippen molar-refractivity contribution in [3.05, 3.63) is 53.1 Å². The Morgan fingerprint density at radius 1 is 1.21 bits per heavy atom. The van der Waals surface area contributed by atoms with Gasteiger partial charge in [0.15, 0.2) is 0 Å². The molecular formula is C15H14ClN3. The van der Waals surface area contributed by atoms with Crippen LogP contribution in [0.25, 0.3) is 22.4 Å². The zero-order valence-corrected chi connectivity index (χ0v) is 11.4. The van der Waals surface area contributed by atoms with Crippen LogP contribution in [0.1, 0.15) is 5.56 Å². The summed E-state index contributed by atoms with van der Waals surface area (Å²) in [5.41, 5.74) is 9.88. The molecule has 0 spiro atoms. The summed E-state index contributed by atoms with van der Waals surface area (Å²) in [5.74, 6) is 0.901. The molecule has 1 heterocycles. The minimum absolute atomic E-state index is 0.489. The SMILES string of the molecule is Cn1c(-c2cccc(Cl)c2)nc2c(CN)cccc21. The van der Waals surface area contributed by atoms with Crippen LogP contribution in [0.15, 0.2) is 42.5 Å². The van der Waals surface area contributed by atoms with Gasteiger partial charge in [-0.05, 0) is 23.8 Å². The van der Waals surface area contributed by atoms with Crippen LogP contribution in [0, 0.1) is 0 Å². The predicted molar refractivity (Wildman–Crippen MR) is 79.1 cm³/mol. The van der Waals surface area contributed by atoms with Crippen LogP contribution >= 0.6 is 11.6 Å². The van der Waals surface area contributed by atoms with Gasteiger partial charge in [-0.2, -0.15) is 0 Å². The van der Waals surface area contributed by atoms with Crippen LogP contribution in [-0.4, -0.2) is 9.55 Å². The zero-order valence-electron chi connectivity index (χ0n) is 10.6. The number of halogens is 1. The monoisotopic (exact) mass is 271 g/mol. The number of benzene rings is 2. The summed E-state index contributed by atoms with van der Waals surface area (Å²) >= 11 is 6.05. The average molecular weight is 272 g/mol. The molecule has 0 bridgehead atoms. The van der Waals surface area contributed by atoms with Crippen molar-refractivity contribution in [2.24, 2.45) is 12.8 Å². The van der Waals surface area contributed by atoms with E-state index in [9.17, 15) is 0 Å². The molecule has 0 fully saturated rings. The zero-order chi connectivity index (χ0) is 13.4. The lowest BCUT2D eigenvalue weighted by molar-refractivity contribution is 0.959. The molecule has 0 amide bonds. The van der Waals surface area contributed by atoms with Gasteiger partial charge < -0.3 is 10.3 Å². The predicted octanol–water partition coefficient (Wildman–Crippen LogP) is 3.35. The second kappa shape index (κ2) is 4.68. The van der Waals surface area contributed by atoms with Crippen molar-refractivity contribution >= 4 is 22.6 Å². The van der Waals surface area contributed by atoms with Gasteiger partial charge in [0, 0.05) is 24.2 Å². The van der Waals surface area contributed by atoms with Crippen LogP contribution < -0.4 is 5.73 Å². The Hall–Kier alpha value is -1.84. The number of nitrogens with two attached hydrogens (primary N) is 1. The van der Waals surface area contributed by atoms with Gasteiger partial charge in [-0.1, -0.05) is 35.9 Å². The Kier molecular flexibility index (Phi) is 3.01. The van der Waals surface area contributed by atoms with E-state index in [2.05, 4.69) is 10.6 Å². The van der Waals surface area contributed by atoms with Crippen molar-refractivity contribution in [3.63, 3.8) is 0 Å². The van der Waals surface area contributed by atoms with Crippen molar-refractivity contribution in [2.45, 2.75) is 6.54 Å². The van der Waals surface area contributed by atoms with Crippen molar-refractivity contribution in [1.29, 1.82) is 0 Å². The molecular weight excluding hydrogens is 258 g/mol. The molecule has 3 rings (SSSR count). The highest BCUT2D eigenvalue weighted by Crippen LogP contribution is 2.27. The summed E-state index contributed by atoms with van der Waals surface area (Å²) in [4.78, 5) is 4.72. The van der Waals surface area contributed by atoms with Crippen molar-refractivity contribution < 1.29 is 0 Å². The average Bonchev–Trinajstić information content (AvgIpc) is 2.76. The summed E-state index contributed by atoms with van der Waals surface area (Å²) in [6.07, 6.45) is 0. The van der Waals surface area contributed by atoms with Gasteiger partial charge in [-0.3, -0.25) is 0 Å². The van der Waals surface area contributed by atoms with Gasteiger partial charge in [0.05, 0.1) is 11.0 Å². The molecule has 0 saturated heterocycles. The Bertz CT molecular complexity index is 746. The third-order valence-corrected chi connectivity index (χ3v) is 3.53. The molecule has 0 aliphatic rings. The third-order valence-electron chi connectivity index (χ3n) is 3.30. The standard InChI is InChI=1S/C15H14ClN3/c1-19-13-7-3-5-11(9-17)14(13)18-15(19)10-4-2-6-12(16)8-10/h2-8H,9,17H2,1H3. The van der Waals surface area contributed by atoms with Crippen molar-refractivity contribution in [3.8, 4) is 11.4 Å². The van der Waals surface area contributed by atoms with Crippen LogP contribution in [-0.2, 0) is 13.6 Å². The third kappa shape index (κ3) is 2.01. The van der Waals surface area contributed by atoms with Gasteiger partial charge in [-0.15, -0.1) is 0 Å². The molecule has 0 radical (unpaired) electrons. The van der Waals surface area contributed by atoms with E-state index in [-0.39, 0.29) is 0 Å². The molecule has 0 aliphatic carbocycles. The van der Waals surface area contributed by atoms with E-state index in [0.717, 1.165) is 28.0 Å². The maximum atomic E-state index is 6.05. The van der Waals surface area contributed by atoms with Crippen molar-refractivity contribution in [2.75, 3.05) is 0 Å². The summed E-state index contributed by atoms with van der Waals surface area (Å²) in [6.45, 7) is 0.489. The van der Waals surface area contributed by atoms with Crippen LogP contribution in [0.4, 0.5) is 0 Å². The topological polar surface area (TPSA) is 43.8 Å². The normalized spacial score (nSPS) is 11.1. The molecule has 0 saturated carbocycles. The number of para-hydroxylation sites is 1. The molecule has 0 atom stereocenters. The molecule has 2 aromatic carbocycles. The highest BCUT2D eigenvalue weighted by atomic mass is 35.5. The lowest BCUT2D eigenvalue weighted by Crippen LogP contribution is -1.97.